The summed E-state index contributed by atoms with van der Waals surface area (Å²) in [5, 5.41) is 90.3. The second-order valence-electron chi connectivity index (χ2n) is 9.60. The van der Waals surface area contributed by atoms with Crippen LogP contribution < -0.4 is 9.47 Å². The molecule has 15 nitrogen and oxygen atoms in total. The van der Waals surface area contributed by atoms with Crippen LogP contribution in [0, 0.1) is 0 Å². The van der Waals surface area contributed by atoms with Crippen molar-refractivity contribution < 1.29 is 74.4 Å². The van der Waals surface area contributed by atoms with Crippen LogP contribution in [0.1, 0.15) is 22.8 Å². The van der Waals surface area contributed by atoms with Crippen LogP contribution in [0.4, 0.5) is 0 Å². The molecule has 0 amide bonds. The number of ether oxygens (including phenoxy) is 5. The number of aliphatic hydroxyl groups excluding tert-OH is 7. The minimum absolute atomic E-state index is 0.0431. The van der Waals surface area contributed by atoms with Crippen molar-refractivity contribution in [1.29, 1.82) is 0 Å². The number of hydrogen-bond donors (Lipinski definition) is 9. The molecule has 2 heterocycles. The maximum absolute atomic E-state index is 13.1. The van der Waals surface area contributed by atoms with E-state index in [0.717, 1.165) is 12.1 Å². The molecular weight excluding hydrogens is 552 g/mol. The molecule has 2 aromatic carbocycles. The lowest BCUT2D eigenvalue weighted by Crippen LogP contribution is -2.60. The van der Waals surface area contributed by atoms with Crippen LogP contribution >= 0.6 is 0 Å². The summed E-state index contributed by atoms with van der Waals surface area (Å²) in [6, 6.07) is 8.17. The Morgan fingerprint density at radius 2 is 1.39 bits per heavy atom. The van der Waals surface area contributed by atoms with E-state index in [4.69, 9.17) is 23.7 Å². The van der Waals surface area contributed by atoms with Crippen molar-refractivity contribution in [2.24, 2.45) is 0 Å². The minimum Gasteiger partial charge on any atom is -0.504 e. The monoisotopic (exact) mass is 584 g/mol. The first-order valence-electron chi connectivity index (χ1n) is 12.6. The lowest BCUT2D eigenvalue weighted by atomic mass is 9.99. The van der Waals surface area contributed by atoms with Crippen molar-refractivity contribution >= 4 is 5.97 Å². The SMILES string of the molecule is C[C@@H]1O[C@@H](Oc2ccc(O)c(O)c2C(=O)OCc2ccccc2O[C@@H]2O[C@H](CO)[C@@H](O)[C@H](O)[C@H]2O)[C@H](O)[C@H](O)[C@H]1O. The van der Waals surface area contributed by atoms with E-state index in [1.165, 1.54) is 19.1 Å². The van der Waals surface area contributed by atoms with E-state index in [9.17, 15) is 50.8 Å². The Kier molecular flexibility index (Phi) is 9.53. The topological polar surface area (TPSA) is 245 Å². The number of benzene rings is 2. The number of carbonyl (C=O) groups is 1. The summed E-state index contributed by atoms with van der Waals surface area (Å²) < 4.78 is 27.2. The summed E-state index contributed by atoms with van der Waals surface area (Å²) in [7, 11) is 0. The Balaban J connectivity index is 1.51. The molecule has 0 saturated carbocycles. The van der Waals surface area contributed by atoms with Crippen LogP contribution in [-0.2, 0) is 20.8 Å². The predicted octanol–water partition coefficient (Wildman–Crippen LogP) is -2.16. The maximum atomic E-state index is 13.1. The summed E-state index contributed by atoms with van der Waals surface area (Å²) >= 11 is 0. The van der Waals surface area contributed by atoms with Gasteiger partial charge in [0.25, 0.3) is 0 Å². The number of carbonyl (C=O) groups excluding carboxylic acids is 1. The smallest absolute Gasteiger partial charge is 0.346 e. The number of phenolic OH excluding ortho intramolecular Hbond substituents is 2. The van der Waals surface area contributed by atoms with Crippen molar-refractivity contribution in [2.75, 3.05) is 6.61 Å². The summed E-state index contributed by atoms with van der Waals surface area (Å²) in [6.45, 7) is 0.276. The van der Waals surface area contributed by atoms with Crippen LogP contribution in [0.25, 0.3) is 0 Å². The molecule has 0 radical (unpaired) electrons. The molecule has 0 aromatic heterocycles. The molecule has 226 valence electrons. The van der Waals surface area contributed by atoms with Crippen LogP contribution in [0.3, 0.4) is 0 Å². The van der Waals surface area contributed by atoms with E-state index in [-0.39, 0.29) is 17.1 Å². The number of hydrogen-bond acceptors (Lipinski definition) is 15. The average molecular weight is 585 g/mol. The lowest BCUT2D eigenvalue weighted by molar-refractivity contribution is -0.277. The Bertz CT molecular complexity index is 1210. The van der Waals surface area contributed by atoms with E-state index in [2.05, 4.69) is 0 Å². The Morgan fingerprint density at radius 3 is 2.07 bits per heavy atom. The van der Waals surface area contributed by atoms with Gasteiger partial charge in [0.2, 0.25) is 12.6 Å². The second kappa shape index (κ2) is 12.7. The molecule has 4 rings (SSSR count). The number of rotatable bonds is 8. The third-order valence-corrected chi connectivity index (χ3v) is 6.80. The van der Waals surface area contributed by atoms with Gasteiger partial charge in [0.15, 0.2) is 11.5 Å². The van der Waals surface area contributed by atoms with Gasteiger partial charge in [-0.05, 0) is 25.1 Å². The highest BCUT2D eigenvalue weighted by atomic mass is 16.7. The van der Waals surface area contributed by atoms with Crippen LogP contribution in [0.15, 0.2) is 36.4 Å². The highest BCUT2D eigenvalue weighted by Crippen LogP contribution is 2.38. The molecular formula is C26H32O15. The van der Waals surface area contributed by atoms with Crippen LogP contribution in [0.5, 0.6) is 23.0 Å². The van der Waals surface area contributed by atoms with Gasteiger partial charge in [0.1, 0.15) is 66.4 Å². The number of esters is 1. The molecule has 0 unspecified atom stereocenters. The number of aliphatic hydroxyl groups is 7. The summed E-state index contributed by atoms with van der Waals surface area (Å²) in [5.74, 6) is -3.12. The number of phenols is 2. The van der Waals surface area contributed by atoms with Crippen molar-refractivity contribution in [3.63, 3.8) is 0 Å². The molecule has 2 aliphatic heterocycles. The maximum Gasteiger partial charge on any atom is 0.346 e. The first kappa shape index (κ1) is 30.7. The van der Waals surface area contributed by atoms with Crippen molar-refractivity contribution in [2.45, 2.75) is 74.9 Å². The summed E-state index contributed by atoms with van der Waals surface area (Å²) in [4.78, 5) is 13.1. The molecule has 0 bridgehead atoms. The molecule has 10 atom stereocenters. The zero-order valence-corrected chi connectivity index (χ0v) is 21.6. The van der Waals surface area contributed by atoms with Crippen LogP contribution in [-0.4, -0.2) is 120 Å². The molecule has 41 heavy (non-hydrogen) atoms. The van der Waals surface area contributed by atoms with Gasteiger partial charge in [-0.2, -0.15) is 0 Å². The Morgan fingerprint density at radius 1 is 0.780 bits per heavy atom. The molecule has 9 N–H and O–H groups in total. The van der Waals surface area contributed by atoms with E-state index < -0.39 is 97.7 Å². The van der Waals surface area contributed by atoms with Gasteiger partial charge >= 0.3 is 5.97 Å². The first-order chi connectivity index (χ1) is 19.4. The van der Waals surface area contributed by atoms with E-state index in [1.54, 1.807) is 12.1 Å². The highest BCUT2D eigenvalue weighted by molar-refractivity contribution is 5.96. The third-order valence-electron chi connectivity index (χ3n) is 6.80. The molecule has 15 heteroatoms. The van der Waals surface area contributed by atoms with E-state index >= 15 is 0 Å². The lowest BCUT2D eigenvalue weighted by Gasteiger charge is -2.39. The highest BCUT2D eigenvalue weighted by Gasteiger charge is 2.45. The first-order valence-corrected chi connectivity index (χ1v) is 12.6. The van der Waals surface area contributed by atoms with Gasteiger partial charge in [0.05, 0.1) is 12.7 Å². The zero-order valence-electron chi connectivity index (χ0n) is 21.6. The fourth-order valence-electron chi connectivity index (χ4n) is 4.34. The molecule has 2 aromatic rings. The molecule has 2 saturated heterocycles. The fraction of sp³-hybridized carbons (Fsp3) is 0.500. The molecule has 2 aliphatic rings. The zero-order chi connectivity index (χ0) is 30.0. The van der Waals surface area contributed by atoms with E-state index in [1.807, 2.05) is 0 Å². The van der Waals surface area contributed by atoms with Gasteiger partial charge in [-0.1, -0.05) is 18.2 Å². The summed E-state index contributed by atoms with van der Waals surface area (Å²) in [5.41, 5.74) is -0.404. The van der Waals surface area contributed by atoms with Gasteiger partial charge < -0.3 is 69.6 Å². The van der Waals surface area contributed by atoms with Gasteiger partial charge in [0, 0.05) is 5.56 Å². The Hall–Kier alpha value is -3.25. The molecule has 0 spiro atoms. The minimum atomic E-state index is -1.73. The number of para-hydroxylation sites is 1. The van der Waals surface area contributed by atoms with Crippen molar-refractivity contribution in [1.82, 2.24) is 0 Å². The average Bonchev–Trinajstić information content (AvgIpc) is 2.96. The second-order valence-corrected chi connectivity index (χ2v) is 9.60. The molecule has 2 fully saturated rings. The van der Waals surface area contributed by atoms with Crippen molar-refractivity contribution in [3.8, 4) is 23.0 Å². The standard InChI is InChI=1S/C26H32O15/c1-10-17(29)20(32)22(34)25(38-10)40-14-7-6-12(28)18(30)16(14)24(36)37-9-11-4-2-3-5-13(11)39-26-23(35)21(33)19(31)15(8-27)41-26/h2-7,10,15,17,19-23,25-35H,8-9H2,1H3/t10-,15+,17-,19+,20+,21-,22+,23+,25-,26+/m0/s1. The van der Waals surface area contributed by atoms with Crippen LogP contribution in [0.2, 0.25) is 0 Å². The number of aromatic hydroxyl groups is 2. The Labute approximate surface area is 232 Å². The largest absolute Gasteiger partial charge is 0.504 e. The molecule has 0 aliphatic carbocycles. The van der Waals surface area contributed by atoms with Gasteiger partial charge in [-0.25, -0.2) is 4.79 Å². The van der Waals surface area contributed by atoms with Gasteiger partial charge in [-0.3, -0.25) is 0 Å². The fourth-order valence-corrected chi connectivity index (χ4v) is 4.34. The van der Waals surface area contributed by atoms with Crippen molar-refractivity contribution in [3.05, 3.63) is 47.5 Å². The third kappa shape index (κ3) is 6.33. The normalized spacial score (nSPS) is 33.7. The van der Waals surface area contributed by atoms with Gasteiger partial charge in [-0.15, -0.1) is 0 Å². The quantitative estimate of drug-likeness (QED) is 0.118. The summed E-state index contributed by atoms with van der Waals surface area (Å²) in [6.07, 6.45) is -15.0. The van der Waals surface area contributed by atoms with E-state index in [0.29, 0.717) is 0 Å². The predicted molar refractivity (Wildman–Crippen MR) is 133 cm³/mol.